The minimum absolute atomic E-state index is 0.0510. The number of nitrogens with one attached hydrogen (secondary N) is 1. The van der Waals surface area contributed by atoms with Gasteiger partial charge in [-0.05, 0) is 217 Å². The molecule has 0 radical (unpaired) electrons. The number of para-hydroxylation sites is 4. The van der Waals surface area contributed by atoms with Crippen molar-refractivity contribution in [1.29, 1.82) is 0 Å². The second-order valence-electron chi connectivity index (χ2n) is 37.7. The predicted molar refractivity (Wildman–Crippen MR) is 573 cm³/mol. The largest absolute Gasteiger partial charge is 0.494 e. The number of Topliss-reactive ketones (excluding diaryl/α,β-unsaturated/α-hetero) is 2. The average molecular weight is 1930 g/mol. The first kappa shape index (κ1) is 101. The number of ketones is 2. The topological polar surface area (TPSA) is 257 Å². The minimum Gasteiger partial charge on any atom is -0.494 e. The van der Waals surface area contributed by atoms with Gasteiger partial charge in [0.1, 0.15) is 34.7 Å². The Morgan fingerprint density at radius 2 is 0.868 bits per heavy atom. The van der Waals surface area contributed by atoms with Crippen LogP contribution in [0.2, 0.25) is 0 Å². The molecule has 744 valence electrons. The smallest absolute Gasteiger partial charge is 0.344 e. The number of carbonyl (C=O) groups is 4. The summed E-state index contributed by atoms with van der Waals surface area (Å²) in [4.78, 5) is 88.1. The van der Waals surface area contributed by atoms with Gasteiger partial charge in [-0.25, -0.2) is 23.5 Å². The van der Waals surface area contributed by atoms with Crippen molar-refractivity contribution in [3.63, 3.8) is 0 Å². The maximum atomic E-state index is 12.9. The number of esters is 1. The zero-order valence-electron chi connectivity index (χ0n) is 84.3. The van der Waals surface area contributed by atoms with Crippen molar-refractivity contribution in [3.05, 3.63) is 326 Å². The number of amides is 1. The van der Waals surface area contributed by atoms with Gasteiger partial charge in [-0.2, -0.15) is 20.4 Å². The van der Waals surface area contributed by atoms with Crippen LogP contribution in [0.15, 0.2) is 286 Å². The number of anilines is 4. The first-order chi connectivity index (χ1) is 70.4. The van der Waals surface area contributed by atoms with Crippen LogP contribution in [0.4, 0.5) is 22.7 Å². The van der Waals surface area contributed by atoms with Crippen LogP contribution in [0.5, 0.6) is 11.5 Å². The van der Waals surface area contributed by atoms with Crippen LogP contribution < -0.4 is 34.4 Å². The molecule has 20 rings (SSSR count). The van der Waals surface area contributed by atoms with E-state index in [4.69, 9.17) is 44.6 Å². The number of aryl methyl sites for hydroxylation is 2. The number of carbonyl (C=O) groups excluding carboxylic acids is 4. The molecule has 3 atom stereocenters. The number of rotatable bonds is 29. The molecule has 0 saturated carbocycles. The lowest BCUT2D eigenvalue weighted by atomic mass is 9.99. The second kappa shape index (κ2) is 48.8. The summed E-state index contributed by atoms with van der Waals surface area (Å²) in [6, 6.07) is 79.5. The highest BCUT2D eigenvalue weighted by molar-refractivity contribution is 5.97. The van der Waals surface area contributed by atoms with Crippen molar-refractivity contribution in [2.45, 2.75) is 131 Å². The molecule has 1 amide bonds. The van der Waals surface area contributed by atoms with Gasteiger partial charge in [0.05, 0.1) is 105 Å². The van der Waals surface area contributed by atoms with Crippen molar-refractivity contribution >= 4 is 89.8 Å². The second-order valence-corrected chi connectivity index (χ2v) is 37.7. The van der Waals surface area contributed by atoms with Gasteiger partial charge in [0.25, 0.3) is 0 Å². The number of aromatic nitrogens is 12. The van der Waals surface area contributed by atoms with E-state index in [1.54, 1.807) is 27.9 Å². The standard InChI is InChI=1S/C32H40N6O.C29H33N5O3.C28H31N5O2.C27H29N5O/c1-4-14-33-31(39)23-29(28-13-18-38(35-28)27-11-6-5-7-12-27)36-16-9-17-37(20-19-36)30-22-26(24(2)3)21-25-10-8-15-34-32(25)30;1-3-36-26(35)21-37-29-22(2)19-23-9-7-13-30-27(23)28(29)33-15-8-14-32(17-18-33)20-24-12-16-34(31-24)25-10-5-4-6-11-25;1-21(34)20-25(24-13-17-33(30-24)23-9-4-3-5-10-23)31-15-7-16-32(19-18-31)28-26(35-2)12-11-22-8-6-14-29-27(22)28;1-20-11-12-22-8-6-14-28-25(22)26(20)30-15-7-16-31(19-18-30)27(21(2)33)24-13-17-32(29-24)23-9-4-3-5-10-23/h5-8,10-13,15,18,21-22,24,29H,4,9,14,16-17,19-20,23H2,1-3H3,(H,33,39);4-7,9-13,16,19H,3,8,14-15,17-18,20-21H2,1-2H3;3-6,8-14,17,25H,7,15-16,18-20H2,1-2H3;3-6,8-14,17,27H,7,15-16,18-19H2,1-2H3. The Kier molecular flexibility index (Phi) is 34.1. The monoisotopic (exact) mass is 1930 g/mol. The van der Waals surface area contributed by atoms with Crippen LogP contribution in [0.1, 0.15) is 150 Å². The number of pyridine rings is 4. The van der Waals surface area contributed by atoms with Crippen molar-refractivity contribution in [2.24, 2.45) is 0 Å². The SMILES string of the molecule is CC(=O)C(c1ccn(-c2ccccc2)n1)N1CCCN(c2c(C)ccc3cccnc23)CC1.CCCNC(=O)CC(c1ccn(-c2ccccc2)n1)N1CCCN(c2cc(C(C)C)cc3cccnc23)CC1.CCOC(=O)COc1c(C)cc2cccnc2c1N1CCCN(Cc2ccn(-c3ccccc3)n2)CC1.COc1ccc2cccnc2c1N1CCCN(C(CC(C)=O)c2ccn(-c3ccccc3)n2)CC1. The summed E-state index contributed by atoms with van der Waals surface area (Å²) < 4.78 is 24.5. The number of benzene rings is 8. The molecule has 4 fully saturated rings. The Morgan fingerprint density at radius 1 is 0.410 bits per heavy atom. The fourth-order valence-corrected chi connectivity index (χ4v) is 20.2. The number of hydrogen-bond donors (Lipinski definition) is 1. The van der Waals surface area contributed by atoms with E-state index >= 15 is 0 Å². The highest BCUT2D eigenvalue weighted by Gasteiger charge is 2.35. The molecular formula is C116H133N21O7. The Bertz CT molecular complexity index is 6950. The molecule has 0 aliphatic carbocycles. The minimum atomic E-state index is -0.369. The first-order valence-electron chi connectivity index (χ1n) is 50.9. The fourth-order valence-electron chi connectivity index (χ4n) is 20.2. The molecule has 144 heavy (non-hydrogen) atoms. The van der Waals surface area contributed by atoms with Crippen LogP contribution in [0.25, 0.3) is 66.4 Å². The van der Waals surface area contributed by atoms with Crippen LogP contribution in [-0.2, 0) is 30.5 Å². The molecule has 16 aromatic rings. The third-order valence-electron chi connectivity index (χ3n) is 27.3. The highest BCUT2D eigenvalue weighted by atomic mass is 16.6. The van der Waals surface area contributed by atoms with Gasteiger partial charge in [0, 0.05) is 202 Å². The summed E-state index contributed by atoms with van der Waals surface area (Å²) >= 11 is 0. The summed E-state index contributed by atoms with van der Waals surface area (Å²) in [5, 5.41) is 27.0. The molecule has 0 bridgehead atoms. The van der Waals surface area contributed by atoms with E-state index in [2.05, 4.69) is 167 Å². The van der Waals surface area contributed by atoms with Crippen LogP contribution in [0.3, 0.4) is 0 Å². The molecule has 28 nitrogen and oxygen atoms in total. The Balaban J connectivity index is 0.000000132. The Hall–Kier alpha value is -14.8. The van der Waals surface area contributed by atoms with Crippen molar-refractivity contribution < 1.29 is 33.4 Å². The van der Waals surface area contributed by atoms with E-state index in [0.29, 0.717) is 37.7 Å². The normalized spacial score (nSPS) is 15.4. The van der Waals surface area contributed by atoms with Crippen LogP contribution in [0, 0.1) is 13.8 Å². The summed E-state index contributed by atoms with van der Waals surface area (Å²) in [7, 11) is 1.71. The lowest BCUT2D eigenvalue weighted by Crippen LogP contribution is -2.37. The highest BCUT2D eigenvalue weighted by Crippen LogP contribution is 2.42. The molecule has 4 aliphatic rings. The maximum absolute atomic E-state index is 12.9. The van der Waals surface area contributed by atoms with Crippen molar-refractivity contribution in [1.82, 2.24) is 84.0 Å². The molecule has 8 aromatic heterocycles. The summed E-state index contributed by atoms with van der Waals surface area (Å²) in [6.07, 6.45) is 21.1. The number of ether oxygens (including phenoxy) is 3. The van der Waals surface area contributed by atoms with Gasteiger partial charge in [-0.1, -0.05) is 130 Å². The predicted octanol–water partition coefficient (Wildman–Crippen LogP) is 19.3. The molecule has 0 spiro atoms. The van der Waals surface area contributed by atoms with Gasteiger partial charge in [0.15, 0.2) is 12.4 Å². The van der Waals surface area contributed by atoms with E-state index in [9.17, 15) is 19.2 Å². The number of nitrogens with zero attached hydrogens (tertiary/aromatic N) is 20. The van der Waals surface area contributed by atoms with Crippen molar-refractivity contribution in [3.8, 4) is 34.2 Å². The number of fused-ring (bicyclic) bond motifs is 4. The van der Waals surface area contributed by atoms with E-state index in [0.717, 1.165) is 250 Å². The zero-order chi connectivity index (χ0) is 99.8. The Morgan fingerprint density at radius 3 is 1.42 bits per heavy atom. The summed E-state index contributed by atoms with van der Waals surface area (Å²) in [5.41, 5.74) is 19.8. The molecule has 28 heteroatoms. The quantitative estimate of drug-likeness (QED) is 0.0427. The lowest BCUT2D eigenvalue weighted by molar-refractivity contribution is -0.145. The molecule has 4 aliphatic heterocycles. The maximum Gasteiger partial charge on any atom is 0.344 e. The summed E-state index contributed by atoms with van der Waals surface area (Å²) in [6.45, 7) is 31.6. The molecule has 12 heterocycles. The third kappa shape index (κ3) is 24.9. The molecule has 4 saturated heterocycles. The number of hydrogen-bond acceptors (Lipinski definition) is 23. The zero-order valence-corrected chi connectivity index (χ0v) is 84.3. The Labute approximate surface area is 844 Å². The first-order valence-corrected chi connectivity index (χ1v) is 50.9. The van der Waals surface area contributed by atoms with Crippen LogP contribution >= 0.6 is 0 Å². The molecule has 1 N–H and O–H groups in total. The van der Waals surface area contributed by atoms with Crippen molar-refractivity contribution in [2.75, 3.05) is 151 Å². The van der Waals surface area contributed by atoms with Crippen LogP contribution in [-0.4, -0.2) is 234 Å². The van der Waals surface area contributed by atoms with Gasteiger partial charge >= 0.3 is 5.97 Å². The molecule has 3 unspecified atom stereocenters. The van der Waals surface area contributed by atoms with E-state index in [-0.39, 0.29) is 48.2 Å². The van der Waals surface area contributed by atoms with E-state index < -0.39 is 0 Å². The average Bonchev–Trinajstić information content (AvgIpc) is 0.963. The molecule has 8 aromatic carbocycles. The van der Waals surface area contributed by atoms with Gasteiger partial charge < -0.3 is 39.1 Å². The number of methoxy groups -OCH3 is 1. The van der Waals surface area contributed by atoms with Gasteiger partial charge in [0.2, 0.25) is 5.91 Å². The van der Waals surface area contributed by atoms with Gasteiger partial charge in [-0.15, -0.1) is 0 Å². The molecular weight excluding hydrogens is 1800 g/mol. The summed E-state index contributed by atoms with van der Waals surface area (Å²) in [5.74, 6) is 2.00. The lowest BCUT2D eigenvalue weighted by Gasteiger charge is -2.30. The van der Waals surface area contributed by atoms with E-state index in [1.807, 2.05) is 227 Å². The van der Waals surface area contributed by atoms with E-state index in [1.165, 1.54) is 27.9 Å². The third-order valence-corrected chi connectivity index (χ3v) is 27.3. The van der Waals surface area contributed by atoms with Gasteiger partial charge in [-0.3, -0.25) is 53.9 Å². The fraction of sp³-hybridized carbons (Fsp3) is 0.345.